The van der Waals surface area contributed by atoms with Crippen molar-refractivity contribution in [2.24, 2.45) is 11.3 Å². The Kier molecular flexibility index (Phi) is 6.82. The largest absolute Gasteiger partial charge is 0.416 e. The summed E-state index contributed by atoms with van der Waals surface area (Å²) in [7, 11) is 1.36. The molecule has 1 aliphatic heterocycles. The van der Waals surface area contributed by atoms with E-state index in [-0.39, 0.29) is 17.5 Å². The van der Waals surface area contributed by atoms with E-state index in [0.717, 1.165) is 35.1 Å². The van der Waals surface area contributed by atoms with E-state index >= 15 is 0 Å². The van der Waals surface area contributed by atoms with E-state index in [4.69, 9.17) is 0 Å². The van der Waals surface area contributed by atoms with Crippen LogP contribution in [0.2, 0.25) is 0 Å². The van der Waals surface area contributed by atoms with Crippen molar-refractivity contribution in [2.45, 2.75) is 71.1 Å². The predicted molar refractivity (Wildman–Crippen MR) is 117 cm³/mol. The van der Waals surface area contributed by atoms with Crippen molar-refractivity contribution in [1.29, 1.82) is 0 Å². The molecular formula is C24H32F3N3O3. The summed E-state index contributed by atoms with van der Waals surface area (Å²) in [5.41, 5.74) is -1.70. The van der Waals surface area contributed by atoms with Crippen molar-refractivity contribution in [3.63, 3.8) is 0 Å². The van der Waals surface area contributed by atoms with Gasteiger partial charge in [-0.2, -0.15) is 13.2 Å². The van der Waals surface area contributed by atoms with Gasteiger partial charge in [0.1, 0.15) is 12.1 Å². The van der Waals surface area contributed by atoms with Crippen molar-refractivity contribution in [3.8, 4) is 0 Å². The van der Waals surface area contributed by atoms with Gasteiger partial charge in [-0.15, -0.1) is 0 Å². The van der Waals surface area contributed by atoms with Crippen LogP contribution in [-0.2, 0) is 22.3 Å². The highest BCUT2D eigenvalue weighted by Crippen LogP contribution is 2.45. The maximum absolute atomic E-state index is 13.2. The fourth-order valence-corrected chi connectivity index (χ4v) is 4.87. The molecule has 1 aromatic rings. The van der Waals surface area contributed by atoms with Crippen LogP contribution in [0, 0.1) is 11.3 Å². The highest BCUT2D eigenvalue weighted by molar-refractivity contribution is 6.09. The molecule has 1 aliphatic carbocycles. The highest BCUT2D eigenvalue weighted by Gasteiger charge is 2.53. The SMILES string of the molecule is CCC(C)(C)C1CCC2(CC1)NC(=O)N(CC(=O)N(C)Cc1ccccc1C(F)(F)F)C2=O. The van der Waals surface area contributed by atoms with Gasteiger partial charge in [0.05, 0.1) is 5.56 Å². The average Bonchev–Trinajstić information content (AvgIpc) is 2.97. The number of rotatable bonds is 6. The fourth-order valence-electron chi connectivity index (χ4n) is 4.87. The Hall–Kier alpha value is -2.58. The molecule has 1 saturated heterocycles. The molecule has 1 heterocycles. The van der Waals surface area contributed by atoms with Crippen molar-refractivity contribution in [2.75, 3.05) is 13.6 Å². The lowest BCUT2D eigenvalue weighted by Gasteiger charge is -2.42. The molecule has 9 heteroatoms. The Labute approximate surface area is 192 Å². The van der Waals surface area contributed by atoms with Crippen molar-refractivity contribution < 1.29 is 27.6 Å². The molecule has 0 atom stereocenters. The van der Waals surface area contributed by atoms with E-state index in [1.807, 2.05) is 0 Å². The number of alkyl halides is 3. The molecule has 4 amide bonds. The van der Waals surface area contributed by atoms with Gasteiger partial charge in [0, 0.05) is 13.6 Å². The quantitative estimate of drug-likeness (QED) is 0.623. The summed E-state index contributed by atoms with van der Waals surface area (Å²) >= 11 is 0. The van der Waals surface area contributed by atoms with E-state index < -0.39 is 41.7 Å². The third-order valence-electron chi connectivity index (χ3n) is 7.55. The lowest BCUT2D eigenvalue weighted by Crippen LogP contribution is -2.51. The first-order valence-corrected chi connectivity index (χ1v) is 11.3. The maximum Gasteiger partial charge on any atom is 0.416 e. The number of amides is 4. The second-order valence-electron chi connectivity index (χ2n) is 9.92. The molecule has 0 bridgehead atoms. The zero-order valence-electron chi connectivity index (χ0n) is 19.6. The number of halogens is 3. The van der Waals surface area contributed by atoms with Crippen LogP contribution >= 0.6 is 0 Å². The van der Waals surface area contributed by atoms with E-state index in [2.05, 4.69) is 26.1 Å². The monoisotopic (exact) mass is 467 g/mol. The lowest BCUT2D eigenvalue weighted by atomic mass is 9.65. The van der Waals surface area contributed by atoms with Crippen LogP contribution in [0.25, 0.3) is 0 Å². The average molecular weight is 468 g/mol. The zero-order valence-corrected chi connectivity index (χ0v) is 19.6. The first-order valence-electron chi connectivity index (χ1n) is 11.3. The van der Waals surface area contributed by atoms with Gasteiger partial charge in [-0.05, 0) is 48.6 Å². The van der Waals surface area contributed by atoms with Crippen molar-refractivity contribution in [1.82, 2.24) is 15.1 Å². The number of likely N-dealkylation sites (N-methyl/N-ethyl adjacent to an activating group) is 1. The Morgan fingerprint density at radius 2 is 1.79 bits per heavy atom. The molecule has 3 rings (SSSR count). The van der Waals surface area contributed by atoms with Crippen LogP contribution < -0.4 is 5.32 Å². The fraction of sp³-hybridized carbons (Fsp3) is 0.625. The summed E-state index contributed by atoms with van der Waals surface area (Å²) in [6.07, 6.45) is -0.861. The van der Waals surface area contributed by atoms with Gasteiger partial charge in [0.15, 0.2) is 0 Å². The Morgan fingerprint density at radius 1 is 1.18 bits per heavy atom. The normalized spacial score (nSPS) is 23.7. The van der Waals surface area contributed by atoms with Crippen LogP contribution in [0.1, 0.15) is 64.0 Å². The van der Waals surface area contributed by atoms with Gasteiger partial charge in [-0.3, -0.25) is 14.5 Å². The molecule has 1 spiro atoms. The van der Waals surface area contributed by atoms with Crippen molar-refractivity contribution >= 4 is 17.8 Å². The molecular weight excluding hydrogens is 435 g/mol. The van der Waals surface area contributed by atoms with Crippen LogP contribution in [0.5, 0.6) is 0 Å². The van der Waals surface area contributed by atoms with Gasteiger partial charge < -0.3 is 10.2 Å². The van der Waals surface area contributed by atoms with Gasteiger partial charge in [-0.1, -0.05) is 45.4 Å². The smallest absolute Gasteiger partial charge is 0.340 e. The number of carbonyl (C=O) groups excluding carboxylic acids is 3. The van der Waals surface area contributed by atoms with E-state index in [1.54, 1.807) is 0 Å². The number of carbonyl (C=O) groups is 3. The Morgan fingerprint density at radius 3 is 2.36 bits per heavy atom. The van der Waals surface area contributed by atoms with Crippen LogP contribution in [0.3, 0.4) is 0 Å². The summed E-state index contributed by atoms with van der Waals surface area (Å²) in [5, 5.41) is 2.80. The minimum absolute atomic E-state index is 0.0496. The number of hydrogen-bond acceptors (Lipinski definition) is 3. The number of nitrogens with one attached hydrogen (secondary N) is 1. The lowest BCUT2D eigenvalue weighted by molar-refractivity contribution is -0.141. The minimum Gasteiger partial charge on any atom is -0.340 e. The first kappa shape index (κ1) is 25.1. The minimum atomic E-state index is -4.54. The summed E-state index contributed by atoms with van der Waals surface area (Å²) in [4.78, 5) is 40.4. The summed E-state index contributed by atoms with van der Waals surface area (Å²) in [6, 6.07) is 4.42. The van der Waals surface area contributed by atoms with Gasteiger partial charge >= 0.3 is 12.2 Å². The second kappa shape index (κ2) is 8.99. The molecule has 0 radical (unpaired) electrons. The summed E-state index contributed by atoms with van der Waals surface area (Å²) in [6.45, 7) is 5.78. The van der Waals surface area contributed by atoms with Crippen LogP contribution in [0.4, 0.5) is 18.0 Å². The zero-order chi connectivity index (χ0) is 24.6. The predicted octanol–water partition coefficient (Wildman–Crippen LogP) is 4.58. The van der Waals surface area contributed by atoms with Gasteiger partial charge in [0.2, 0.25) is 5.91 Å². The van der Waals surface area contributed by atoms with E-state index in [0.29, 0.717) is 18.8 Å². The molecule has 182 valence electrons. The third-order valence-corrected chi connectivity index (χ3v) is 7.55. The molecule has 1 N–H and O–H groups in total. The number of hydrogen-bond donors (Lipinski definition) is 1. The number of imide groups is 1. The molecule has 1 aromatic carbocycles. The third kappa shape index (κ3) is 5.01. The first-order chi connectivity index (χ1) is 15.3. The number of benzene rings is 1. The Balaban J connectivity index is 1.65. The molecule has 6 nitrogen and oxygen atoms in total. The Bertz CT molecular complexity index is 921. The van der Waals surface area contributed by atoms with Crippen LogP contribution in [-0.4, -0.2) is 46.8 Å². The molecule has 1 saturated carbocycles. The van der Waals surface area contributed by atoms with Gasteiger partial charge in [-0.25, -0.2) is 4.79 Å². The molecule has 33 heavy (non-hydrogen) atoms. The molecule has 0 aromatic heterocycles. The number of urea groups is 1. The van der Waals surface area contributed by atoms with E-state index in [9.17, 15) is 27.6 Å². The summed E-state index contributed by atoms with van der Waals surface area (Å²) in [5.74, 6) is -0.570. The number of nitrogens with zero attached hydrogens (tertiary/aromatic N) is 2. The molecule has 2 fully saturated rings. The van der Waals surface area contributed by atoms with E-state index in [1.165, 1.54) is 25.2 Å². The van der Waals surface area contributed by atoms with Gasteiger partial charge in [0.25, 0.3) is 5.91 Å². The summed E-state index contributed by atoms with van der Waals surface area (Å²) < 4.78 is 39.7. The topological polar surface area (TPSA) is 69.7 Å². The standard InChI is InChI=1S/C24H32F3N3O3/c1-5-22(2,3)17-10-12-23(13-11-17)20(32)30(21(33)28-23)15-19(31)29(4)14-16-8-6-7-9-18(16)24(25,26)27/h6-9,17H,5,10-15H2,1-4H3,(H,28,33). The van der Waals surface area contributed by atoms with Crippen LogP contribution in [0.15, 0.2) is 24.3 Å². The maximum atomic E-state index is 13.2. The second-order valence-corrected chi connectivity index (χ2v) is 9.92. The van der Waals surface area contributed by atoms with Crippen molar-refractivity contribution in [3.05, 3.63) is 35.4 Å². The molecule has 0 unspecified atom stereocenters. The highest BCUT2D eigenvalue weighted by atomic mass is 19.4. The molecule has 2 aliphatic rings.